The average molecular weight is 375 g/mol. The zero-order valence-electron chi connectivity index (χ0n) is 15.1. The third-order valence-electron chi connectivity index (χ3n) is 5.96. The number of carbonyl (C=O) groups is 2. The molecular weight excluding hydrogens is 358 g/mol. The Morgan fingerprint density at radius 3 is 2.79 bits per heavy atom. The number of hydrogen-bond donors (Lipinski definition) is 1. The number of fused-ring (bicyclic) bond motifs is 7. The lowest BCUT2D eigenvalue weighted by Crippen LogP contribution is -2.57. The van der Waals surface area contributed by atoms with E-state index >= 15 is 0 Å². The van der Waals surface area contributed by atoms with Crippen molar-refractivity contribution in [1.82, 2.24) is 14.8 Å². The number of rotatable bonds is 1. The van der Waals surface area contributed by atoms with Crippen molar-refractivity contribution in [2.75, 3.05) is 20.4 Å². The predicted octanol–water partition coefficient (Wildman–Crippen LogP) is 2.98. The van der Waals surface area contributed by atoms with Gasteiger partial charge < -0.3 is 19.4 Å². The van der Waals surface area contributed by atoms with Crippen LogP contribution in [0.15, 0.2) is 42.5 Å². The van der Waals surface area contributed by atoms with Gasteiger partial charge in [-0.2, -0.15) is 0 Å². The van der Waals surface area contributed by atoms with Crippen molar-refractivity contribution < 1.29 is 19.1 Å². The molecule has 7 nitrogen and oxygen atoms in total. The fraction of sp³-hybridized carbons (Fsp3) is 0.238. The summed E-state index contributed by atoms with van der Waals surface area (Å²) in [5, 5.41) is 1.03. The summed E-state index contributed by atoms with van der Waals surface area (Å²) in [5.74, 6) is 0.855. The van der Waals surface area contributed by atoms with Crippen LogP contribution in [0.1, 0.15) is 28.8 Å². The third-order valence-corrected chi connectivity index (χ3v) is 5.96. The molecule has 2 aromatic carbocycles. The molecule has 1 fully saturated rings. The number of hydrogen-bond acceptors (Lipinski definition) is 4. The maximum Gasteiger partial charge on any atom is 0.327 e. The smallest absolute Gasteiger partial charge is 0.327 e. The van der Waals surface area contributed by atoms with E-state index in [4.69, 9.17) is 9.47 Å². The van der Waals surface area contributed by atoms with Crippen molar-refractivity contribution >= 4 is 22.8 Å². The van der Waals surface area contributed by atoms with Crippen molar-refractivity contribution in [3.63, 3.8) is 0 Å². The number of benzene rings is 2. The van der Waals surface area contributed by atoms with Gasteiger partial charge in [-0.25, -0.2) is 4.79 Å². The van der Waals surface area contributed by atoms with Gasteiger partial charge >= 0.3 is 6.03 Å². The number of ether oxygens (including phenoxy) is 2. The Bertz CT molecular complexity index is 1170. The van der Waals surface area contributed by atoms with Crippen LogP contribution in [0, 0.1) is 0 Å². The maximum atomic E-state index is 12.9. The molecule has 3 aliphatic heterocycles. The largest absolute Gasteiger partial charge is 0.454 e. The summed E-state index contributed by atoms with van der Waals surface area (Å²) in [7, 11) is 1.56. The van der Waals surface area contributed by atoms with Crippen LogP contribution in [0.5, 0.6) is 11.5 Å². The Balaban J connectivity index is 1.62. The van der Waals surface area contributed by atoms with E-state index in [9.17, 15) is 9.59 Å². The maximum absolute atomic E-state index is 12.9. The van der Waals surface area contributed by atoms with Crippen LogP contribution in [0.25, 0.3) is 10.9 Å². The van der Waals surface area contributed by atoms with Gasteiger partial charge in [-0.15, -0.1) is 0 Å². The number of nitrogens with one attached hydrogen (secondary N) is 1. The lowest BCUT2D eigenvalue weighted by Gasteiger charge is -2.45. The quantitative estimate of drug-likeness (QED) is 0.710. The minimum absolute atomic E-state index is 0.156. The average Bonchev–Trinajstić information content (AvgIpc) is 3.33. The van der Waals surface area contributed by atoms with Gasteiger partial charge in [0.25, 0.3) is 0 Å². The number of likely N-dealkylation sites (N-methyl/N-ethyl adjacent to an activating group) is 1. The van der Waals surface area contributed by atoms with Gasteiger partial charge in [0.15, 0.2) is 11.5 Å². The second-order valence-corrected chi connectivity index (χ2v) is 7.40. The zero-order chi connectivity index (χ0) is 19.0. The highest BCUT2D eigenvalue weighted by Crippen LogP contribution is 2.47. The minimum atomic E-state index is -0.362. The van der Waals surface area contributed by atoms with E-state index in [1.165, 1.54) is 4.90 Å². The number of carbonyl (C=O) groups excluding carboxylic acids is 2. The first-order valence-corrected chi connectivity index (χ1v) is 9.21. The first-order chi connectivity index (χ1) is 13.6. The summed E-state index contributed by atoms with van der Waals surface area (Å²) in [6, 6.07) is 13.1. The second kappa shape index (κ2) is 5.28. The molecule has 1 aromatic heterocycles. The normalized spacial score (nSPS) is 22.8. The molecule has 0 radical (unpaired) electrons. The van der Waals surface area contributed by atoms with Gasteiger partial charge in [0.05, 0.1) is 12.0 Å². The number of aromatic amines is 1. The van der Waals surface area contributed by atoms with Crippen LogP contribution in [0.2, 0.25) is 0 Å². The standard InChI is InChI=1S/C21H17N3O4/c1-23-20(25)13-9-24(21(23)26)19(11-6-7-15-16(8-11)28-10-27-15)18-17(13)12-4-2-3-5-14(12)22-18/h2-8,13,19,22H,9-10H2,1H3/t13-,19-/m0/s1. The predicted molar refractivity (Wildman–Crippen MR) is 100 cm³/mol. The SMILES string of the molecule is CN1C(=O)[C@H]2CN(C1=O)[C@@H](c1ccc3c(c1)OCO3)c1[nH]c3ccccc3c12. The Labute approximate surface area is 160 Å². The Hall–Kier alpha value is -3.48. The van der Waals surface area contributed by atoms with Crippen LogP contribution in [-0.4, -0.2) is 47.1 Å². The summed E-state index contributed by atoms with van der Waals surface area (Å²) < 4.78 is 11.0. The molecule has 0 spiro atoms. The van der Waals surface area contributed by atoms with Gasteiger partial charge in [0.1, 0.15) is 0 Å². The monoisotopic (exact) mass is 375 g/mol. The van der Waals surface area contributed by atoms with Crippen LogP contribution in [0.4, 0.5) is 4.79 Å². The molecular formula is C21H17N3O4. The van der Waals surface area contributed by atoms with Crippen LogP contribution < -0.4 is 9.47 Å². The number of imide groups is 1. The summed E-state index contributed by atoms with van der Waals surface area (Å²) >= 11 is 0. The second-order valence-electron chi connectivity index (χ2n) is 7.40. The van der Waals surface area contributed by atoms with Gasteiger partial charge in [0, 0.05) is 30.2 Å². The van der Waals surface area contributed by atoms with E-state index in [0.717, 1.165) is 27.7 Å². The summed E-state index contributed by atoms with van der Waals surface area (Å²) in [5.41, 5.74) is 3.77. The molecule has 2 atom stereocenters. The van der Waals surface area contributed by atoms with Crippen LogP contribution >= 0.6 is 0 Å². The van der Waals surface area contributed by atoms with Crippen molar-refractivity contribution in [2.45, 2.75) is 12.0 Å². The molecule has 0 unspecified atom stereocenters. The lowest BCUT2D eigenvalue weighted by molar-refractivity contribution is -0.132. The molecule has 2 bridgehead atoms. The molecule has 0 saturated carbocycles. The number of urea groups is 1. The highest BCUT2D eigenvalue weighted by Gasteiger charge is 2.48. The van der Waals surface area contributed by atoms with Crippen molar-refractivity contribution in [1.29, 1.82) is 0 Å². The Morgan fingerprint density at radius 2 is 1.89 bits per heavy atom. The van der Waals surface area contributed by atoms with Crippen molar-refractivity contribution in [2.24, 2.45) is 0 Å². The third kappa shape index (κ3) is 1.88. The first-order valence-electron chi connectivity index (χ1n) is 9.21. The first kappa shape index (κ1) is 15.6. The van der Waals surface area contributed by atoms with Crippen LogP contribution in [-0.2, 0) is 4.79 Å². The van der Waals surface area contributed by atoms with Gasteiger partial charge in [-0.3, -0.25) is 9.69 Å². The molecule has 6 rings (SSSR count). The highest BCUT2D eigenvalue weighted by molar-refractivity contribution is 6.04. The number of aromatic nitrogens is 1. The fourth-order valence-corrected chi connectivity index (χ4v) is 4.67. The zero-order valence-corrected chi connectivity index (χ0v) is 15.1. The molecule has 1 saturated heterocycles. The Morgan fingerprint density at radius 1 is 1.07 bits per heavy atom. The summed E-state index contributed by atoms with van der Waals surface area (Å²) in [6.07, 6.45) is 0. The van der Waals surface area contributed by atoms with Crippen molar-refractivity contribution in [3.05, 3.63) is 59.3 Å². The fourth-order valence-electron chi connectivity index (χ4n) is 4.67. The molecule has 0 aliphatic carbocycles. The Kier molecular flexibility index (Phi) is 2.94. The minimum Gasteiger partial charge on any atom is -0.454 e. The van der Waals surface area contributed by atoms with E-state index in [1.54, 1.807) is 11.9 Å². The number of para-hydroxylation sites is 1. The van der Waals surface area contributed by atoms with E-state index in [2.05, 4.69) is 4.98 Å². The van der Waals surface area contributed by atoms with Crippen molar-refractivity contribution in [3.8, 4) is 11.5 Å². The molecule has 3 aromatic rings. The molecule has 4 heterocycles. The van der Waals surface area contributed by atoms with Crippen LogP contribution in [0.3, 0.4) is 0 Å². The van der Waals surface area contributed by atoms with E-state index in [0.29, 0.717) is 18.0 Å². The van der Waals surface area contributed by atoms with E-state index < -0.39 is 0 Å². The number of H-pyrrole nitrogens is 1. The lowest BCUT2D eigenvalue weighted by atomic mass is 9.83. The van der Waals surface area contributed by atoms with E-state index in [1.807, 2.05) is 42.5 Å². The highest BCUT2D eigenvalue weighted by atomic mass is 16.7. The molecule has 3 aliphatic rings. The summed E-state index contributed by atoms with van der Waals surface area (Å²) in [4.78, 5) is 32.3. The number of nitrogens with zero attached hydrogens (tertiary/aromatic N) is 2. The number of amides is 3. The van der Waals surface area contributed by atoms with Gasteiger partial charge in [-0.1, -0.05) is 24.3 Å². The molecule has 1 N–H and O–H groups in total. The van der Waals surface area contributed by atoms with Gasteiger partial charge in [0.2, 0.25) is 12.7 Å². The summed E-state index contributed by atoms with van der Waals surface area (Å²) in [6.45, 7) is 0.568. The van der Waals surface area contributed by atoms with E-state index in [-0.39, 0.29) is 30.7 Å². The molecule has 7 heteroatoms. The molecule has 140 valence electrons. The molecule has 28 heavy (non-hydrogen) atoms. The van der Waals surface area contributed by atoms with Gasteiger partial charge in [-0.05, 0) is 29.3 Å². The topological polar surface area (TPSA) is 74.9 Å². The molecule has 3 amide bonds.